The maximum Gasteiger partial charge on any atom is 0.242 e. The third-order valence-electron chi connectivity index (χ3n) is 4.75. The van der Waals surface area contributed by atoms with Crippen molar-refractivity contribution in [3.05, 3.63) is 70.2 Å². The van der Waals surface area contributed by atoms with Crippen LogP contribution in [0.2, 0.25) is 5.02 Å². The highest BCUT2D eigenvalue weighted by molar-refractivity contribution is 7.99. The summed E-state index contributed by atoms with van der Waals surface area (Å²) in [7, 11) is 0. The minimum Gasteiger partial charge on any atom is -0.354 e. The van der Waals surface area contributed by atoms with Crippen molar-refractivity contribution in [1.29, 1.82) is 0 Å². The van der Waals surface area contributed by atoms with Crippen molar-refractivity contribution in [2.75, 3.05) is 12.3 Å². The Morgan fingerprint density at radius 3 is 2.50 bits per heavy atom. The minimum absolute atomic E-state index is 0.0259. The number of rotatable bonds is 11. The van der Waals surface area contributed by atoms with Gasteiger partial charge in [0.05, 0.1) is 5.75 Å². The van der Waals surface area contributed by atoms with Crippen molar-refractivity contribution in [3.8, 4) is 0 Å². The summed E-state index contributed by atoms with van der Waals surface area (Å²) in [5.74, 6) is 0.904. The zero-order chi connectivity index (χ0) is 21.9. The number of benzene rings is 2. The first-order valence-corrected chi connectivity index (χ1v) is 11.9. The predicted molar refractivity (Wildman–Crippen MR) is 127 cm³/mol. The van der Waals surface area contributed by atoms with Gasteiger partial charge in [-0.3, -0.25) is 9.59 Å². The predicted octanol–water partition coefficient (Wildman–Crippen LogP) is 5.22. The summed E-state index contributed by atoms with van der Waals surface area (Å²) in [5, 5.41) is 3.64. The lowest BCUT2D eigenvalue weighted by atomic mass is 10.1. The van der Waals surface area contributed by atoms with E-state index in [2.05, 4.69) is 11.4 Å². The van der Waals surface area contributed by atoms with E-state index in [9.17, 15) is 9.59 Å². The van der Waals surface area contributed by atoms with Gasteiger partial charge in [-0.2, -0.15) is 0 Å². The Morgan fingerprint density at radius 1 is 1.10 bits per heavy atom. The van der Waals surface area contributed by atoms with Crippen LogP contribution in [0.1, 0.15) is 43.4 Å². The van der Waals surface area contributed by atoms with Crippen molar-refractivity contribution in [3.63, 3.8) is 0 Å². The number of halogens is 1. The van der Waals surface area contributed by atoms with Crippen molar-refractivity contribution in [2.45, 2.75) is 52.0 Å². The molecule has 162 valence electrons. The molecule has 0 fully saturated rings. The van der Waals surface area contributed by atoms with Crippen LogP contribution in [0.4, 0.5) is 0 Å². The molecule has 2 rings (SSSR count). The molecule has 0 bridgehead atoms. The molecule has 1 N–H and O–H groups in total. The number of aryl methyl sites for hydroxylation is 1. The summed E-state index contributed by atoms with van der Waals surface area (Å²) < 4.78 is 0. The maximum absolute atomic E-state index is 13.2. The van der Waals surface area contributed by atoms with Gasteiger partial charge in [0.25, 0.3) is 0 Å². The van der Waals surface area contributed by atoms with Crippen molar-refractivity contribution in [2.24, 2.45) is 0 Å². The van der Waals surface area contributed by atoms with Crippen LogP contribution in [0, 0.1) is 6.92 Å². The lowest BCUT2D eigenvalue weighted by molar-refractivity contribution is -0.139. The van der Waals surface area contributed by atoms with Gasteiger partial charge in [0.1, 0.15) is 6.04 Å². The van der Waals surface area contributed by atoms with Gasteiger partial charge in [0.2, 0.25) is 11.8 Å². The highest BCUT2D eigenvalue weighted by Gasteiger charge is 2.28. The Kier molecular flexibility index (Phi) is 10.2. The third kappa shape index (κ3) is 7.69. The standard InChI is InChI=1S/C24H31ClN2O2S/c1-4-12-26-24(29)22(5-2)27(15-19-9-6-8-18(3)13-19)23(28)17-30-16-20-10-7-11-21(25)14-20/h6-11,13-14,22H,4-5,12,15-17H2,1-3H3,(H,26,29)/t22-/m1/s1. The van der Waals surface area contributed by atoms with Crippen LogP contribution in [0.15, 0.2) is 48.5 Å². The van der Waals surface area contributed by atoms with Gasteiger partial charge in [-0.1, -0.05) is 67.4 Å². The molecule has 0 aliphatic heterocycles. The van der Waals surface area contributed by atoms with Crippen LogP contribution in [0.5, 0.6) is 0 Å². The SMILES string of the molecule is CCCNC(=O)[C@@H](CC)N(Cc1cccc(C)c1)C(=O)CSCc1cccc(Cl)c1. The van der Waals surface area contributed by atoms with E-state index in [0.717, 1.165) is 23.1 Å². The second-order valence-electron chi connectivity index (χ2n) is 7.35. The number of hydrogen-bond donors (Lipinski definition) is 1. The Balaban J connectivity index is 2.11. The van der Waals surface area contributed by atoms with Crippen LogP contribution >= 0.6 is 23.4 Å². The number of nitrogens with one attached hydrogen (secondary N) is 1. The summed E-state index contributed by atoms with van der Waals surface area (Å²) >= 11 is 7.59. The van der Waals surface area contributed by atoms with Gasteiger partial charge in [0.15, 0.2) is 0 Å². The van der Waals surface area contributed by atoms with Crippen LogP contribution < -0.4 is 5.32 Å². The van der Waals surface area contributed by atoms with E-state index in [1.54, 1.807) is 16.7 Å². The van der Waals surface area contributed by atoms with E-state index in [1.807, 2.05) is 63.2 Å². The number of nitrogens with zero attached hydrogens (tertiary/aromatic N) is 1. The normalized spacial score (nSPS) is 11.7. The molecule has 0 aliphatic carbocycles. The summed E-state index contributed by atoms with van der Waals surface area (Å²) in [6.45, 7) is 7.04. The fourth-order valence-corrected chi connectivity index (χ4v) is 4.33. The Morgan fingerprint density at radius 2 is 1.83 bits per heavy atom. The van der Waals surface area contributed by atoms with Gasteiger partial charge in [-0.25, -0.2) is 0 Å². The molecule has 0 spiro atoms. The van der Waals surface area contributed by atoms with Crippen LogP contribution in [-0.2, 0) is 21.9 Å². The molecular formula is C24H31ClN2O2S. The van der Waals surface area contributed by atoms with Gasteiger partial charge in [0, 0.05) is 23.9 Å². The number of amides is 2. The zero-order valence-electron chi connectivity index (χ0n) is 18.0. The fourth-order valence-electron chi connectivity index (χ4n) is 3.26. The minimum atomic E-state index is -0.476. The topological polar surface area (TPSA) is 49.4 Å². The second kappa shape index (κ2) is 12.7. The Bertz CT molecular complexity index is 843. The monoisotopic (exact) mass is 446 g/mol. The first-order chi connectivity index (χ1) is 14.4. The van der Waals surface area contributed by atoms with Crippen molar-refractivity contribution >= 4 is 35.2 Å². The molecule has 0 aliphatic rings. The molecule has 2 aromatic carbocycles. The number of hydrogen-bond acceptors (Lipinski definition) is 3. The van der Waals surface area contributed by atoms with E-state index >= 15 is 0 Å². The van der Waals surface area contributed by atoms with Gasteiger partial charge < -0.3 is 10.2 Å². The average Bonchev–Trinajstić information content (AvgIpc) is 2.72. The Labute approximate surface area is 189 Å². The van der Waals surface area contributed by atoms with Gasteiger partial charge in [-0.15, -0.1) is 11.8 Å². The molecule has 0 saturated heterocycles. The number of carbonyl (C=O) groups excluding carboxylic acids is 2. The highest BCUT2D eigenvalue weighted by Crippen LogP contribution is 2.19. The molecule has 0 radical (unpaired) electrons. The number of carbonyl (C=O) groups is 2. The summed E-state index contributed by atoms with van der Waals surface area (Å²) in [6, 6.07) is 15.3. The smallest absolute Gasteiger partial charge is 0.242 e. The fraction of sp³-hybridized carbons (Fsp3) is 0.417. The van der Waals surface area contributed by atoms with E-state index in [-0.39, 0.29) is 11.8 Å². The summed E-state index contributed by atoms with van der Waals surface area (Å²) in [5.41, 5.74) is 3.25. The zero-order valence-corrected chi connectivity index (χ0v) is 19.6. The number of thioether (sulfide) groups is 1. The van der Waals surface area contributed by atoms with E-state index in [0.29, 0.717) is 36.0 Å². The molecule has 2 aromatic rings. The maximum atomic E-state index is 13.2. The van der Waals surface area contributed by atoms with Crippen molar-refractivity contribution in [1.82, 2.24) is 10.2 Å². The van der Waals surface area contributed by atoms with Gasteiger partial charge in [-0.05, 0) is 43.0 Å². The molecule has 2 amide bonds. The third-order valence-corrected chi connectivity index (χ3v) is 5.98. The van der Waals surface area contributed by atoms with Crippen LogP contribution in [0.25, 0.3) is 0 Å². The second-order valence-corrected chi connectivity index (χ2v) is 8.77. The summed E-state index contributed by atoms with van der Waals surface area (Å²) in [4.78, 5) is 27.6. The highest BCUT2D eigenvalue weighted by atomic mass is 35.5. The molecular weight excluding hydrogens is 416 g/mol. The van der Waals surface area contributed by atoms with E-state index in [4.69, 9.17) is 11.6 Å². The first kappa shape index (κ1) is 24.3. The van der Waals surface area contributed by atoms with Crippen LogP contribution in [-0.4, -0.2) is 35.1 Å². The quantitative estimate of drug-likeness (QED) is 0.515. The first-order valence-electron chi connectivity index (χ1n) is 10.4. The molecule has 0 unspecified atom stereocenters. The molecule has 0 aromatic heterocycles. The Hall–Kier alpha value is -1.98. The lowest BCUT2D eigenvalue weighted by Crippen LogP contribution is -2.49. The van der Waals surface area contributed by atoms with E-state index < -0.39 is 6.04 Å². The van der Waals surface area contributed by atoms with Crippen LogP contribution in [0.3, 0.4) is 0 Å². The molecule has 1 atom stereocenters. The largest absolute Gasteiger partial charge is 0.354 e. The molecule has 4 nitrogen and oxygen atoms in total. The average molecular weight is 447 g/mol. The molecule has 0 saturated carbocycles. The van der Waals surface area contributed by atoms with E-state index in [1.165, 1.54) is 0 Å². The lowest BCUT2D eigenvalue weighted by Gasteiger charge is -2.30. The molecule has 6 heteroatoms. The molecule has 30 heavy (non-hydrogen) atoms. The molecule has 0 heterocycles. The van der Waals surface area contributed by atoms with Gasteiger partial charge >= 0.3 is 0 Å². The van der Waals surface area contributed by atoms with Crippen molar-refractivity contribution < 1.29 is 9.59 Å². The summed E-state index contributed by atoms with van der Waals surface area (Å²) in [6.07, 6.45) is 1.44.